The van der Waals surface area contributed by atoms with Crippen molar-refractivity contribution in [2.24, 2.45) is 5.73 Å². The minimum absolute atomic E-state index is 0.221. The molecule has 1 unspecified atom stereocenters. The number of carbonyl (C=O) groups excluding carboxylic acids is 1. The lowest BCUT2D eigenvalue weighted by molar-refractivity contribution is 0.168. The van der Waals surface area contributed by atoms with E-state index in [4.69, 9.17) is 10.5 Å². The van der Waals surface area contributed by atoms with E-state index in [1.165, 1.54) is 6.07 Å². The van der Waals surface area contributed by atoms with Gasteiger partial charge in [0.15, 0.2) is 0 Å². The lowest BCUT2D eigenvalue weighted by atomic mass is 9.96. The van der Waals surface area contributed by atoms with Crippen LogP contribution in [0.5, 0.6) is 0 Å². The number of carbonyl (C=O) groups is 1. The maximum Gasteiger partial charge on any atom is 0.411 e. The summed E-state index contributed by atoms with van der Waals surface area (Å²) < 4.78 is 19.2. The van der Waals surface area contributed by atoms with Gasteiger partial charge in [-0.3, -0.25) is 5.32 Å². The number of rotatable bonds is 5. The Hall–Kier alpha value is -2.60. The third-order valence-electron chi connectivity index (χ3n) is 3.60. The first-order valence-electron chi connectivity index (χ1n) is 7.69. The smallest absolute Gasteiger partial charge is 0.411 e. The first-order chi connectivity index (χ1) is 11.5. The van der Waals surface area contributed by atoms with E-state index in [9.17, 15) is 9.18 Å². The summed E-state index contributed by atoms with van der Waals surface area (Å²) in [5, 5.41) is 2.63. The summed E-state index contributed by atoms with van der Waals surface area (Å²) in [7, 11) is 3.40. The molecule has 2 rings (SSSR count). The van der Waals surface area contributed by atoms with Gasteiger partial charge in [-0.1, -0.05) is 36.4 Å². The average molecular weight is 331 g/mol. The monoisotopic (exact) mass is 331 g/mol. The molecule has 2 aromatic rings. The van der Waals surface area contributed by atoms with E-state index < -0.39 is 18.0 Å². The number of nitrogens with zero attached hydrogens (tertiary/aromatic N) is 1. The maximum absolute atomic E-state index is 14.3. The van der Waals surface area contributed by atoms with E-state index in [-0.39, 0.29) is 12.3 Å². The first kappa shape index (κ1) is 17.7. The molecular formula is C18H22FN3O2. The molecule has 0 saturated heterocycles. The van der Waals surface area contributed by atoms with Gasteiger partial charge in [-0.05, 0) is 24.1 Å². The van der Waals surface area contributed by atoms with Crippen molar-refractivity contribution in [3.63, 3.8) is 0 Å². The van der Waals surface area contributed by atoms with Crippen molar-refractivity contribution in [1.82, 2.24) is 0 Å². The number of ether oxygens (including phenoxy) is 1. The third kappa shape index (κ3) is 3.83. The highest BCUT2D eigenvalue weighted by Crippen LogP contribution is 2.36. The number of amides is 1. The second kappa shape index (κ2) is 7.79. The van der Waals surface area contributed by atoms with Crippen LogP contribution in [-0.2, 0) is 4.74 Å². The van der Waals surface area contributed by atoms with Crippen LogP contribution in [0.25, 0.3) is 0 Å². The largest absolute Gasteiger partial charge is 0.450 e. The summed E-state index contributed by atoms with van der Waals surface area (Å²) in [6.07, 6.45) is -0.646. The van der Waals surface area contributed by atoms with Gasteiger partial charge < -0.3 is 15.4 Å². The van der Waals surface area contributed by atoms with Crippen LogP contribution in [0, 0.1) is 5.82 Å². The van der Waals surface area contributed by atoms with Crippen molar-refractivity contribution >= 4 is 17.5 Å². The number of nitrogens with one attached hydrogen (secondary N) is 1. The molecule has 0 aromatic heterocycles. The van der Waals surface area contributed by atoms with Gasteiger partial charge >= 0.3 is 6.09 Å². The Morgan fingerprint density at radius 1 is 1.25 bits per heavy atom. The van der Waals surface area contributed by atoms with Crippen molar-refractivity contribution in [3.8, 4) is 0 Å². The molecule has 0 radical (unpaired) electrons. The number of benzene rings is 2. The summed E-state index contributed by atoms with van der Waals surface area (Å²) in [6.45, 7) is 1.92. The summed E-state index contributed by atoms with van der Waals surface area (Å²) in [5.74, 6) is -0.448. The fourth-order valence-corrected chi connectivity index (χ4v) is 2.52. The van der Waals surface area contributed by atoms with Gasteiger partial charge in [0.1, 0.15) is 5.82 Å². The van der Waals surface area contributed by atoms with Crippen molar-refractivity contribution < 1.29 is 13.9 Å². The van der Waals surface area contributed by atoms with E-state index in [0.29, 0.717) is 11.3 Å². The lowest BCUT2D eigenvalue weighted by Crippen LogP contribution is -2.23. The molecule has 0 heterocycles. The molecule has 1 amide bonds. The van der Waals surface area contributed by atoms with Gasteiger partial charge in [0.05, 0.1) is 24.0 Å². The van der Waals surface area contributed by atoms with Crippen molar-refractivity contribution in [1.29, 1.82) is 0 Å². The Bertz CT molecular complexity index is 705. The fourth-order valence-electron chi connectivity index (χ4n) is 2.52. The zero-order valence-corrected chi connectivity index (χ0v) is 14.0. The van der Waals surface area contributed by atoms with Gasteiger partial charge in [0.25, 0.3) is 0 Å². The molecule has 1 atom stereocenters. The topological polar surface area (TPSA) is 67.6 Å². The van der Waals surface area contributed by atoms with E-state index in [1.54, 1.807) is 32.0 Å². The minimum Gasteiger partial charge on any atom is -0.450 e. The van der Waals surface area contributed by atoms with Crippen LogP contribution >= 0.6 is 0 Å². The molecule has 2 aromatic carbocycles. The van der Waals surface area contributed by atoms with Crippen LogP contribution in [0.4, 0.5) is 20.6 Å². The second-order valence-electron chi connectivity index (χ2n) is 5.49. The van der Waals surface area contributed by atoms with Crippen molar-refractivity contribution in [2.75, 3.05) is 30.9 Å². The standard InChI is InChI=1S/C18H22FN3O2/c1-4-24-18(23)21-16-13(10-11-14(19)17(16)22(2)3)15(20)12-8-6-5-7-9-12/h5-11,15H,4,20H2,1-3H3,(H,21,23). The molecule has 6 heteroatoms. The Balaban J connectivity index is 2.54. The number of hydrogen-bond donors (Lipinski definition) is 2. The Morgan fingerprint density at radius 2 is 1.92 bits per heavy atom. The molecule has 3 N–H and O–H groups in total. The van der Waals surface area contributed by atoms with Crippen molar-refractivity contribution in [3.05, 3.63) is 59.4 Å². The minimum atomic E-state index is -0.646. The molecular weight excluding hydrogens is 309 g/mol. The number of anilines is 2. The predicted molar refractivity (Wildman–Crippen MR) is 93.8 cm³/mol. The number of nitrogens with two attached hydrogens (primary N) is 1. The molecule has 0 aliphatic carbocycles. The van der Waals surface area contributed by atoms with Gasteiger partial charge in [0, 0.05) is 14.1 Å². The summed E-state index contributed by atoms with van der Waals surface area (Å²) in [4.78, 5) is 13.5. The summed E-state index contributed by atoms with van der Waals surface area (Å²) in [6, 6.07) is 11.8. The second-order valence-corrected chi connectivity index (χ2v) is 5.49. The molecule has 128 valence electrons. The highest BCUT2D eigenvalue weighted by atomic mass is 19.1. The van der Waals surface area contributed by atoms with Crippen LogP contribution in [0.2, 0.25) is 0 Å². The molecule has 5 nitrogen and oxygen atoms in total. The highest BCUT2D eigenvalue weighted by Gasteiger charge is 2.22. The zero-order chi connectivity index (χ0) is 17.7. The quantitative estimate of drug-likeness (QED) is 0.880. The number of halogens is 1. The Morgan fingerprint density at radius 3 is 2.50 bits per heavy atom. The lowest BCUT2D eigenvalue weighted by Gasteiger charge is -2.24. The van der Waals surface area contributed by atoms with Gasteiger partial charge in [0.2, 0.25) is 0 Å². The first-order valence-corrected chi connectivity index (χ1v) is 7.69. The Labute approximate surface area is 141 Å². The molecule has 0 aliphatic heterocycles. The van der Waals surface area contributed by atoms with Crippen molar-refractivity contribution in [2.45, 2.75) is 13.0 Å². The third-order valence-corrected chi connectivity index (χ3v) is 3.60. The van der Waals surface area contributed by atoms with Crippen LogP contribution in [0.1, 0.15) is 24.1 Å². The van der Waals surface area contributed by atoms with E-state index in [1.807, 2.05) is 30.3 Å². The molecule has 0 spiro atoms. The fraction of sp³-hybridized carbons (Fsp3) is 0.278. The van der Waals surface area contributed by atoms with E-state index >= 15 is 0 Å². The normalized spacial score (nSPS) is 11.7. The van der Waals surface area contributed by atoms with Gasteiger partial charge in [-0.2, -0.15) is 0 Å². The summed E-state index contributed by atoms with van der Waals surface area (Å²) in [5.41, 5.74) is 8.40. The molecule has 0 aliphatic rings. The van der Waals surface area contributed by atoms with Crippen LogP contribution in [0.15, 0.2) is 42.5 Å². The van der Waals surface area contributed by atoms with Gasteiger partial charge in [-0.15, -0.1) is 0 Å². The average Bonchev–Trinajstić information content (AvgIpc) is 2.55. The van der Waals surface area contributed by atoms with Crippen LogP contribution in [-0.4, -0.2) is 26.8 Å². The van der Waals surface area contributed by atoms with E-state index in [2.05, 4.69) is 5.32 Å². The van der Waals surface area contributed by atoms with E-state index in [0.717, 1.165) is 5.56 Å². The van der Waals surface area contributed by atoms with Gasteiger partial charge in [-0.25, -0.2) is 9.18 Å². The molecule has 24 heavy (non-hydrogen) atoms. The zero-order valence-electron chi connectivity index (χ0n) is 14.0. The highest BCUT2D eigenvalue weighted by molar-refractivity contribution is 5.91. The molecule has 0 fully saturated rings. The Kier molecular flexibility index (Phi) is 5.76. The maximum atomic E-state index is 14.3. The molecule has 0 saturated carbocycles. The molecule has 0 bridgehead atoms. The predicted octanol–water partition coefficient (Wildman–Crippen LogP) is 3.51. The SMILES string of the molecule is CCOC(=O)Nc1c(C(N)c2ccccc2)ccc(F)c1N(C)C. The summed E-state index contributed by atoms with van der Waals surface area (Å²) >= 11 is 0. The van der Waals surface area contributed by atoms with Crippen LogP contribution in [0.3, 0.4) is 0 Å². The number of hydrogen-bond acceptors (Lipinski definition) is 4. The van der Waals surface area contributed by atoms with Crippen LogP contribution < -0.4 is 16.0 Å².